The maximum Gasteiger partial charge on any atom is 0.263 e. The van der Waals surface area contributed by atoms with Gasteiger partial charge in [0.2, 0.25) is 5.13 Å². The summed E-state index contributed by atoms with van der Waals surface area (Å²) in [5, 5.41) is 10.9. The molecule has 3 rings (SSSR count). The lowest BCUT2D eigenvalue weighted by atomic mass is 10.2. The van der Waals surface area contributed by atoms with Gasteiger partial charge in [-0.25, -0.2) is 8.42 Å². The van der Waals surface area contributed by atoms with Crippen molar-refractivity contribution in [1.29, 1.82) is 0 Å². The Morgan fingerprint density at radius 2 is 1.93 bits per heavy atom. The monoisotopic (exact) mass is 468 g/mol. The van der Waals surface area contributed by atoms with Crippen molar-refractivity contribution >= 4 is 61.4 Å². The molecular formula is C18H17ClN4O3S3. The normalized spacial score (nSPS) is 11.2. The van der Waals surface area contributed by atoms with Gasteiger partial charge in [0.05, 0.1) is 5.02 Å². The summed E-state index contributed by atoms with van der Waals surface area (Å²) in [5.74, 6) is 0.413. The van der Waals surface area contributed by atoms with E-state index in [0.29, 0.717) is 10.8 Å². The molecule has 0 bridgehead atoms. The number of benzene rings is 2. The number of nitrogens with zero attached hydrogens (tertiary/aromatic N) is 2. The lowest BCUT2D eigenvalue weighted by molar-refractivity contribution is 0.102. The van der Waals surface area contributed by atoms with Gasteiger partial charge in [-0.1, -0.05) is 59.8 Å². The molecule has 29 heavy (non-hydrogen) atoms. The minimum Gasteiger partial charge on any atom is -0.296 e. The molecule has 0 spiro atoms. The van der Waals surface area contributed by atoms with Gasteiger partial charge in [0.25, 0.3) is 15.9 Å². The van der Waals surface area contributed by atoms with Crippen LogP contribution in [0.2, 0.25) is 5.02 Å². The molecule has 0 aliphatic rings. The van der Waals surface area contributed by atoms with E-state index in [0.717, 1.165) is 16.5 Å². The van der Waals surface area contributed by atoms with Gasteiger partial charge < -0.3 is 0 Å². The number of thioether (sulfide) groups is 1. The molecule has 7 nitrogen and oxygen atoms in total. The van der Waals surface area contributed by atoms with E-state index in [4.69, 9.17) is 11.6 Å². The van der Waals surface area contributed by atoms with Crippen LogP contribution in [0.5, 0.6) is 0 Å². The molecule has 0 aliphatic carbocycles. The number of sulfonamides is 1. The average molecular weight is 469 g/mol. The van der Waals surface area contributed by atoms with E-state index in [1.165, 1.54) is 29.5 Å². The van der Waals surface area contributed by atoms with E-state index in [1.54, 1.807) is 42.1 Å². The molecule has 1 amide bonds. The highest BCUT2D eigenvalue weighted by Crippen LogP contribution is 2.28. The third kappa shape index (κ3) is 5.69. The fourth-order valence-corrected chi connectivity index (χ4v) is 5.50. The van der Waals surface area contributed by atoms with Crippen LogP contribution in [0.3, 0.4) is 0 Å². The van der Waals surface area contributed by atoms with Crippen molar-refractivity contribution in [3.05, 3.63) is 59.1 Å². The molecule has 1 aromatic heterocycles. The van der Waals surface area contributed by atoms with Crippen LogP contribution in [0.25, 0.3) is 0 Å². The Bertz CT molecular complexity index is 1100. The first kappa shape index (κ1) is 21.6. The first-order valence-corrected chi connectivity index (χ1v) is 12.2. The molecule has 2 aromatic carbocycles. The van der Waals surface area contributed by atoms with E-state index in [-0.39, 0.29) is 15.5 Å². The van der Waals surface area contributed by atoms with Gasteiger partial charge in [0.1, 0.15) is 4.90 Å². The van der Waals surface area contributed by atoms with Gasteiger partial charge in [0.15, 0.2) is 4.34 Å². The number of hydrogen-bond donors (Lipinski definition) is 2. The number of para-hydroxylation sites is 1. The summed E-state index contributed by atoms with van der Waals surface area (Å²) in [6, 6.07) is 12.5. The summed E-state index contributed by atoms with van der Waals surface area (Å²) in [7, 11) is -3.97. The first-order valence-electron chi connectivity index (χ1n) is 8.54. The van der Waals surface area contributed by atoms with Crippen molar-refractivity contribution in [3.63, 3.8) is 0 Å². The Morgan fingerprint density at radius 1 is 1.17 bits per heavy atom. The molecule has 3 aromatic rings. The zero-order valence-electron chi connectivity index (χ0n) is 15.3. The van der Waals surface area contributed by atoms with Gasteiger partial charge in [-0.3, -0.25) is 14.8 Å². The van der Waals surface area contributed by atoms with Crippen molar-refractivity contribution in [2.45, 2.75) is 22.6 Å². The quantitative estimate of drug-likeness (QED) is 0.365. The number of nitrogens with one attached hydrogen (secondary N) is 2. The minimum atomic E-state index is -3.97. The molecule has 11 heteroatoms. The van der Waals surface area contributed by atoms with Gasteiger partial charge in [-0.05, 0) is 36.8 Å². The van der Waals surface area contributed by atoms with Crippen molar-refractivity contribution in [3.8, 4) is 0 Å². The largest absolute Gasteiger partial charge is 0.296 e. The zero-order chi connectivity index (χ0) is 20.9. The maximum atomic E-state index is 12.7. The van der Waals surface area contributed by atoms with Crippen LogP contribution in [-0.2, 0) is 10.0 Å². The second kappa shape index (κ2) is 9.57. The van der Waals surface area contributed by atoms with E-state index >= 15 is 0 Å². The lowest BCUT2D eigenvalue weighted by Crippen LogP contribution is -2.16. The second-order valence-corrected chi connectivity index (χ2v) is 10.2. The van der Waals surface area contributed by atoms with Crippen LogP contribution >= 0.6 is 34.7 Å². The molecule has 0 aliphatic heterocycles. The third-order valence-electron chi connectivity index (χ3n) is 3.57. The van der Waals surface area contributed by atoms with Gasteiger partial charge in [-0.15, -0.1) is 10.2 Å². The Morgan fingerprint density at radius 3 is 2.66 bits per heavy atom. The van der Waals surface area contributed by atoms with Gasteiger partial charge in [0, 0.05) is 17.0 Å². The highest BCUT2D eigenvalue weighted by molar-refractivity contribution is 8.01. The zero-order valence-corrected chi connectivity index (χ0v) is 18.5. The smallest absolute Gasteiger partial charge is 0.263 e. The number of carbonyl (C=O) groups is 1. The Hall–Kier alpha value is -2.14. The van der Waals surface area contributed by atoms with Crippen molar-refractivity contribution in [2.24, 2.45) is 0 Å². The Kier molecular flexibility index (Phi) is 7.12. The van der Waals surface area contributed by atoms with Crippen LogP contribution in [-0.4, -0.2) is 30.3 Å². The highest BCUT2D eigenvalue weighted by Gasteiger charge is 2.21. The van der Waals surface area contributed by atoms with Crippen LogP contribution in [0.15, 0.2) is 57.8 Å². The molecule has 0 fully saturated rings. The first-order chi connectivity index (χ1) is 13.9. The summed E-state index contributed by atoms with van der Waals surface area (Å²) in [4.78, 5) is 12.4. The van der Waals surface area contributed by atoms with Gasteiger partial charge >= 0.3 is 0 Å². The summed E-state index contributed by atoms with van der Waals surface area (Å²) in [5.41, 5.74) is 0.533. The maximum absolute atomic E-state index is 12.7. The fraction of sp³-hybridized carbons (Fsp3) is 0.167. The number of carbonyl (C=O) groups excluding carboxylic acids is 1. The van der Waals surface area contributed by atoms with E-state index in [9.17, 15) is 13.2 Å². The van der Waals surface area contributed by atoms with Crippen LogP contribution < -0.4 is 10.0 Å². The molecule has 0 unspecified atom stereocenters. The number of anilines is 2. The number of amides is 1. The van der Waals surface area contributed by atoms with Gasteiger partial charge in [-0.2, -0.15) is 0 Å². The predicted octanol–water partition coefficient (Wildman–Crippen LogP) is 4.75. The molecule has 0 saturated heterocycles. The Balaban J connectivity index is 1.79. The van der Waals surface area contributed by atoms with Crippen molar-refractivity contribution < 1.29 is 13.2 Å². The standard InChI is InChI=1S/C18H17ClN4O3S3/c1-2-10-27-18-22-21-17(28-18)20-16(24)12-8-9-14(19)15(11-12)29(25,26)23-13-6-4-3-5-7-13/h3-9,11,23H,2,10H2,1H3,(H,20,21,24). The minimum absolute atomic E-state index is 0.0131. The molecular weight excluding hydrogens is 452 g/mol. The summed E-state index contributed by atoms with van der Waals surface area (Å²) < 4.78 is 28.6. The molecule has 152 valence electrons. The summed E-state index contributed by atoms with van der Waals surface area (Å²) in [6.45, 7) is 2.07. The SMILES string of the molecule is CCCSc1nnc(NC(=O)c2ccc(Cl)c(S(=O)(=O)Nc3ccccc3)c2)s1. The van der Waals surface area contributed by atoms with Crippen LogP contribution in [0.1, 0.15) is 23.7 Å². The third-order valence-corrected chi connectivity index (χ3v) is 7.61. The summed E-state index contributed by atoms with van der Waals surface area (Å²) >= 11 is 8.91. The molecule has 0 atom stereocenters. The molecule has 1 heterocycles. The van der Waals surface area contributed by atoms with Crippen LogP contribution in [0.4, 0.5) is 10.8 Å². The number of aromatic nitrogens is 2. The average Bonchev–Trinajstić information content (AvgIpc) is 3.14. The Labute approximate surface area is 182 Å². The van der Waals surface area contributed by atoms with Crippen molar-refractivity contribution in [1.82, 2.24) is 10.2 Å². The molecule has 0 saturated carbocycles. The van der Waals surface area contributed by atoms with Crippen LogP contribution in [0, 0.1) is 0 Å². The van der Waals surface area contributed by atoms with Crippen molar-refractivity contribution in [2.75, 3.05) is 15.8 Å². The summed E-state index contributed by atoms with van der Waals surface area (Å²) in [6.07, 6.45) is 1.00. The fourth-order valence-electron chi connectivity index (χ4n) is 2.24. The lowest BCUT2D eigenvalue weighted by Gasteiger charge is -2.11. The predicted molar refractivity (Wildman–Crippen MR) is 118 cm³/mol. The number of hydrogen-bond acceptors (Lipinski definition) is 7. The number of halogens is 1. The molecule has 2 N–H and O–H groups in total. The molecule has 0 radical (unpaired) electrons. The number of rotatable bonds is 8. The topological polar surface area (TPSA) is 101 Å². The second-order valence-electron chi connectivity index (χ2n) is 5.79. The van der Waals surface area contributed by atoms with E-state index in [2.05, 4.69) is 27.2 Å². The highest BCUT2D eigenvalue weighted by atomic mass is 35.5. The van der Waals surface area contributed by atoms with E-state index < -0.39 is 15.9 Å². The van der Waals surface area contributed by atoms with E-state index in [1.807, 2.05) is 0 Å².